The molecule has 122 valence electrons. The number of carbonyl (C=O) groups excluding carboxylic acids is 1. The Morgan fingerprint density at radius 2 is 1.83 bits per heavy atom. The lowest BCUT2D eigenvalue weighted by atomic mass is 10.2. The molecule has 1 saturated heterocycles. The average molecular weight is 330 g/mol. The molecule has 23 heavy (non-hydrogen) atoms. The fraction of sp³-hybridized carbons (Fsp3) is 0.471. The van der Waals surface area contributed by atoms with Gasteiger partial charge < -0.3 is 4.90 Å². The van der Waals surface area contributed by atoms with Crippen molar-refractivity contribution in [2.24, 2.45) is 0 Å². The molecule has 0 bridgehead atoms. The molecule has 1 aromatic carbocycles. The van der Waals surface area contributed by atoms with Crippen LogP contribution >= 0.6 is 11.8 Å². The van der Waals surface area contributed by atoms with E-state index in [4.69, 9.17) is 0 Å². The first-order valence-electron chi connectivity index (χ1n) is 8.12. The van der Waals surface area contributed by atoms with Crippen LogP contribution in [0.3, 0.4) is 0 Å². The standard InChI is InChI=1S/C17H22N4OS/c1-14-6-8-15(9-7-14)21-13-18-19-17(21)23-12-16(22)20-10-4-2-3-5-11-20/h6-9,13H,2-5,10-12H2,1H3. The molecule has 1 amide bonds. The third kappa shape index (κ3) is 4.13. The number of aryl methyl sites for hydroxylation is 1. The van der Waals surface area contributed by atoms with Gasteiger partial charge in [-0.25, -0.2) is 0 Å². The number of rotatable bonds is 4. The zero-order valence-electron chi connectivity index (χ0n) is 13.4. The largest absolute Gasteiger partial charge is 0.342 e. The zero-order valence-corrected chi connectivity index (χ0v) is 14.3. The predicted octanol–water partition coefficient (Wildman–Crippen LogP) is 3.07. The first kappa shape index (κ1) is 16.1. The lowest BCUT2D eigenvalue weighted by molar-refractivity contribution is -0.128. The van der Waals surface area contributed by atoms with Crippen LogP contribution in [0.1, 0.15) is 31.2 Å². The van der Waals surface area contributed by atoms with E-state index in [0.29, 0.717) is 5.75 Å². The number of hydrogen-bond donors (Lipinski definition) is 0. The van der Waals surface area contributed by atoms with Crippen LogP contribution < -0.4 is 0 Å². The van der Waals surface area contributed by atoms with Crippen molar-refractivity contribution in [1.29, 1.82) is 0 Å². The molecular formula is C17H22N4OS. The monoisotopic (exact) mass is 330 g/mol. The molecule has 1 aliphatic rings. The van der Waals surface area contributed by atoms with Gasteiger partial charge in [0.15, 0.2) is 5.16 Å². The lowest BCUT2D eigenvalue weighted by Crippen LogP contribution is -2.33. The number of thioether (sulfide) groups is 1. The molecule has 6 heteroatoms. The van der Waals surface area contributed by atoms with Gasteiger partial charge >= 0.3 is 0 Å². The molecule has 0 spiro atoms. The topological polar surface area (TPSA) is 51.0 Å². The van der Waals surface area contributed by atoms with E-state index in [0.717, 1.165) is 36.8 Å². The minimum absolute atomic E-state index is 0.204. The molecule has 1 aliphatic heterocycles. The van der Waals surface area contributed by atoms with E-state index < -0.39 is 0 Å². The molecule has 0 saturated carbocycles. The van der Waals surface area contributed by atoms with E-state index >= 15 is 0 Å². The van der Waals surface area contributed by atoms with Crippen LogP contribution in [0.25, 0.3) is 5.69 Å². The Balaban J connectivity index is 1.63. The van der Waals surface area contributed by atoms with E-state index in [1.165, 1.54) is 30.2 Å². The Hall–Kier alpha value is -1.82. The van der Waals surface area contributed by atoms with E-state index in [2.05, 4.69) is 29.3 Å². The number of benzene rings is 1. The van der Waals surface area contributed by atoms with Gasteiger partial charge in [-0.1, -0.05) is 42.3 Å². The summed E-state index contributed by atoms with van der Waals surface area (Å²) < 4.78 is 1.93. The maximum Gasteiger partial charge on any atom is 0.233 e. The number of hydrogen-bond acceptors (Lipinski definition) is 4. The van der Waals surface area contributed by atoms with Crippen LogP contribution in [0.4, 0.5) is 0 Å². The molecule has 5 nitrogen and oxygen atoms in total. The molecule has 1 fully saturated rings. The second-order valence-electron chi connectivity index (χ2n) is 5.90. The van der Waals surface area contributed by atoms with Crippen LogP contribution in [-0.2, 0) is 4.79 Å². The molecule has 3 rings (SSSR count). The highest BCUT2D eigenvalue weighted by atomic mass is 32.2. The third-order valence-electron chi connectivity index (χ3n) is 4.11. The van der Waals surface area contributed by atoms with E-state index in [-0.39, 0.29) is 5.91 Å². The van der Waals surface area contributed by atoms with Gasteiger partial charge in [0.1, 0.15) is 6.33 Å². The fourth-order valence-corrected chi connectivity index (χ4v) is 3.57. The van der Waals surface area contributed by atoms with E-state index in [9.17, 15) is 4.79 Å². The van der Waals surface area contributed by atoms with Crippen molar-refractivity contribution in [1.82, 2.24) is 19.7 Å². The number of aromatic nitrogens is 3. The quantitative estimate of drug-likeness (QED) is 0.809. The molecule has 0 unspecified atom stereocenters. The Bertz CT molecular complexity index is 645. The second-order valence-corrected chi connectivity index (χ2v) is 6.85. The molecule has 2 aromatic rings. The van der Waals surface area contributed by atoms with Gasteiger partial charge in [-0.2, -0.15) is 0 Å². The van der Waals surface area contributed by atoms with Gasteiger partial charge in [-0.05, 0) is 31.9 Å². The van der Waals surface area contributed by atoms with Crippen molar-refractivity contribution in [3.8, 4) is 5.69 Å². The smallest absolute Gasteiger partial charge is 0.233 e. The highest BCUT2D eigenvalue weighted by Gasteiger charge is 2.17. The molecule has 0 atom stereocenters. The van der Waals surface area contributed by atoms with Crippen LogP contribution in [-0.4, -0.2) is 44.4 Å². The lowest BCUT2D eigenvalue weighted by Gasteiger charge is -2.19. The second kappa shape index (κ2) is 7.64. The number of amides is 1. The average Bonchev–Trinajstić information content (AvgIpc) is 2.86. The number of carbonyl (C=O) groups is 1. The Morgan fingerprint density at radius 1 is 1.13 bits per heavy atom. The highest BCUT2D eigenvalue weighted by molar-refractivity contribution is 7.99. The predicted molar refractivity (Wildman–Crippen MR) is 91.9 cm³/mol. The van der Waals surface area contributed by atoms with Gasteiger partial charge in [-0.15, -0.1) is 10.2 Å². The van der Waals surface area contributed by atoms with Crippen molar-refractivity contribution in [3.63, 3.8) is 0 Å². The van der Waals surface area contributed by atoms with Gasteiger partial charge in [0.25, 0.3) is 0 Å². The third-order valence-corrected chi connectivity index (χ3v) is 5.04. The Labute approximate surface area is 141 Å². The van der Waals surface area contributed by atoms with Gasteiger partial charge in [0, 0.05) is 18.8 Å². The maximum atomic E-state index is 12.4. The van der Waals surface area contributed by atoms with Gasteiger partial charge in [0.05, 0.1) is 5.75 Å². The van der Waals surface area contributed by atoms with Crippen LogP contribution in [0.15, 0.2) is 35.7 Å². The summed E-state index contributed by atoms with van der Waals surface area (Å²) in [6.45, 7) is 3.85. The number of nitrogens with zero attached hydrogens (tertiary/aromatic N) is 4. The fourth-order valence-electron chi connectivity index (χ4n) is 2.74. The van der Waals surface area contributed by atoms with Gasteiger partial charge in [-0.3, -0.25) is 9.36 Å². The maximum absolute atomic E-state index is 12.4. The molecule has 2 heterocycles. The Kier molecular flexibility index (Phi) is 5.33. The van der Waals surface area contributed by atoms with E-state index in [1.54, 1.807) is 6.33 Å². The minimum atomic E-state index is 0.204. The summed E-state index contributed by atoms with van der Waals surface area (Å²) in [6, 6.07) is 8.21. The van der Waals surface area contributed by atoms with Crippen LogP contribution in [0.5, 0.6) is 0 Å². The first-order chi connectivity index (χ1) is 11.2. The van der Waals surface area contributed by atoms with E-state index in [1.807, 2.05) is 21.6 Å². The van der Waals surface area contributed by atoms with Crippen LogP contribution in [0, 0.1) is 6.92 Å². The molecule has 1 aromatic heterocycles. The first-order valence-corrected chi connectivity index (χ1v) is 9.10. The van der Waals surface area contributed by atoms with Crippen molar-refractivity contribution in [2.45, 2.75) is 37.8 Å². The molecule has 0 aliphatic carbocycles. The summed E-state index contributed by atoms with van der Waals surface area (Å²) in [5.74, 6) is 0.625. The highest BCUT2D eigenvalue weighted by Crippen LogP contribution is 2.21. The van der Waals surface area contributed by atoms with Crippen molar-refractivity contribution < 1.29 is 4.79 Å². The summed E-state index contributed by atoms with van der Waals surface area (Å²) in [6.07, 6.45) is 6.41. The number of likely N-dealkylation sites (tertiary alicyclic amines) is 1. The van der Waals surface area contributed by atoms with Crippen LogP contribution in [0.2, 0.25) is 0 Å². The summed E-state index contributed by atoms with van der Waals surface area (Å²) in [5, 5.41) is 8.91. The SMILES string of the molecule is Cc1ccc(-n2cnnc2SCC(=O)N2CCCCCC2)cc1. The summed E-state index contributed by atoms with van der Waals surface area (Å²) in [5.41, 5.74) is 2.23. The minimum Gasteiger partial charge on any atom is -0.342 e. The molecular weight excluding hydrogens is 308 g/mol. The van der Waals surface area contributed by atoms with Crippen molar-refractivity contribution >= 4 is 17.7 Å². The zero-order chi connectivity index (χ0) is 16.1. The summed E-state index contributed by atoms with van der Waals surface area (Å²) in [4.78, 5) is 14.4. The Morgan fingerprint density at radius 3 is 2.52 bits per heavy atom. The molecule has 0 N–H and O–H groups in total. The molecule has 0 radical (unpaired) electrons. The van der Waals surface area contributed by atoms with Crippen molar-refractivity contribution in [3.05, 3.63) is 36.2 Å². The summed E-state index contributed by atoms with van der Waals surface area (Å²) >= 11 is 1.46. The normalized spacial score (nSPS) is 15.4. The summed E-state index contributed by atoms with van der Waals surface area (Å²) in [7, 11) is 0. The van der Waals surface area contributed by atoms with Crippen molar-refractivity contribution in [2.75, 3.05) is 18.8 Å². The van der Waals surface area contributed by atoms with Gasteiger partial charge in [0.2, 0.25) is 5.91 Å².